The number of carbonyl (C=O) groups excluding carboxylic acids is 1. The van der Waals surface area contributed by atoms with Crippen LogP contribution in [0.25, 0.3) is 6.08 Å². The van der Waals surface area contributed by atoms with E-state index in [-0.39, 0.29) is 5.41 Å². The second kappa shape index (κ2) is 3.59. The standard InChI is InChI=1S/C16H18O2/c17-15-12-6-11-7-13(15)10-16(8-11,9-12)4-3-14-2-1-5-18-14/h1-5,11-13H,6-10H2/b4-3+/t11?,12-,13+,16?. The van der Waals surface area contributed by atoms with Crippen molar-refractivity contribution in [3.05, 3.63) is 30.2 Å². The number of rotatable bonds is 2. The van der Waals surface area contributed by atoms with Crippen molar-refractivity contribution in [3.63, 3.8) is 0 Å². The van der Waals surface area contributed by atoms with Gasteiger partial charge < -0.3 is 4.42 Å². The van der Waals surface area contributed by atoms with Crippen LogP contribution < -0.4 is 0 Å². The molecule has 0 N–H and O–H groups in total. The Hall–Kier alpha value is -1.31. The summed E-state index contributed by atoms with van der Waals surface area (Å²) in [6.07, 6.45) is 11.9. The summed E-state index contributed by atoms with van der Waals surface area (Å²) in [4.78, 5) is 12.1. The zero-order chi connectivity index (χ0) is 12.2. The van der Waals surface area contributed by atoms with E-state index in [9.17, 15) is 4.79 Å². The zero-order valence-corrected chi connectivity index (χ0v) is 10.5. The summed E-state index contributed by atoms with van der Waals surface area (Å²) in [6.45, 7) is 0. The highest BCUT2D eigenvalue weighted by Gasteiger charge is 2.53. The molecule has 4 saturated carbocycles. The predicted molar refractivity (Wildman–Crippen MR) is 68.7 cm³/mol. The van der Waals surface area contributed by atoms with Crippen molar-refractivity contribution in [1.82, 2.24) is 0 Å². The van der Waals surface area contributed by atoms with E-state index in [1.807, 2.05) is 12.1 Å². The third-order valence-electron chi connectivity index (χ3n) is 5.19. The van der Waals surface area contributed by atoms with Crippen LogP contribution in [0.2, 0.25) is 0 Å². The van der Waals surface area contributed by atoms with E-state index in [2.05, 4.69) is 12.2 Å². The molecule has 1 heterocycles. The second-order valence-electron chi connectivity index (χ2n) is 6.46. The molecule has 0 spiro atoms. The van der Waals surface area contributed by atoms with Crippen LogP contribution in [-0.4, -0.2) is 5.78 Å². The highest BCUT2D eigenvalue weighted by Crippen LogP contribution is 2.59. The Kier molecular flexibility index (Phi) is 2.12. The SMILES string of the molecule is O=C1[C@@H]2CC3C[C@H]1CC(/C=C/c1ccco1)(C3)C2. The summed E-state index contributed by atoms with van der Waals surface area (Å²) in [5.74, 6) is 3.00. The van der Waals surface area contributed by atoms with E-state index < -0.39 is 0 Å². The number of hydrogen-bond acceptors (Lipinski definition) is 2. The van der Waals surface area contributed by atoms with Gasteiger partial charge in [-0.25, -0.2) is 0 Å². The number of allylic oxidation sites excluding steroid dienone is 1. The van der Waals surface area contributed by atoms with E-state index in [1.165, 1.54) is 6.42 Å². The molecule has 0 radical (unpaired) electrons. The molecule has 0 aromatic carbocycles. The first-order valence-electron chi connectivity index (χ1n) is 7.01. The molecule has 4 bridgehead atoms. The van der Waals surface area contributed by atoms with Crippen LogP contribution in [0.4, 0.5) is 0 Å². The third kappa shape index (κ3) is 1.51. The first-order valence-corrected chi connectivity index (χ1v) is 7.01. The predicted octanol–water partition coefficient (Wildman–Crippen LogP) is 3.69. The quantitative estimate of drug-likeness (QED) is 0.791. The molecule has 0 aliphatic heterocycles. The van der Waals surface area contributed by atoms with E-state index in [4.69, 9.17) is 4.42 Å². The largest absolute Gasteiger partial charge is 0.465 e. The number of Topliss-reactive ketones (excluding diaryl/α,β-unsaturated/α-hetero) is 1. The molecule has 1 aromatic heterocycles. The fraction of sp³-hybridized carbons (Fsp3) is 0.562. The molecule has 0 saturated heterocycles. The Morgan fingerprint density at radius 3 is 2.67 bits per heavy atom. The first-order chi connectivity index (χ1) is 8.74. The van der Waals surface area contributed by atoms with Crippen LogP contribution in [-0.2, 0) is 4.79 Å². The van der Waals surface area contributed by atoms with Gasteiger partial charge in [-0.1, -0.05) is 6.08 Å². The average Bonchev–Trinajstić information content (AvgIpc) is 2.86. The molecule has 4 atom stereocenters. The summed E-state index contributed by atoms with van der Waals surface area (Å²) >= 11 is 0. The van der Waals surface area contributed by atoms with Gasteiger partial charge in [0.1, 0.15) is 11.5 Å². The molecule has 4 fully saturated rings. The maximum atomic E-state index is 12.1. The molecule has 5 rings (SSSR count). The summed E-state index contributed by atoms with van der Waals surface area (Å²) in [6, 6.07) is 3.91. The summed E-state index contributed by atoms with van der Waals surface area (Å²) in [5.41, 5.74) is 0.289. The van der Waals surface area contributed by atoms with Gasteiger partial charge in [0, 0.05) is 11.8 Å². The maximum absolute atomic E-state index is 12.1. The van der Waals surface area contributed by atoms with Crippen LogP contribution in [0.3, 0.4) is 0 Å². The Balaban J connectivity index is 1.63. The molecule has 0 amide bonds. The van der Waals surface area contributed by atoms with Crippen molar-refractivity contribution in [2.24, 2.45) is 23.2 Å². The van der Waals surface area contributed by atoms with Gasteiger partial charge in [-0.05, 0) is 61.6 Å². The molecule has 18 heavy (non-hydrogen) atoms. The minimum Gasteiger partial charge on any atom is -0.465 e. The number of furan rings is 1. The minimum absolute atomic E-state index is 0.289. The van der Waals surface area contributed by atoms with Crippen molar-refractivity contribution in [2.75, 3.05) is 0 Å². The average molecular weight is 242 g/mol. The van der Waals surface area contributed by atoms with Crippen molar-refractivity contribution < 1.29 is 9.21 Å². The second-order valence-corrected chi connectivity index (χ2v) is 6.46. The van der Waals surface area contributed by atoms with Crippen LogP contribution in [0.5, 0.6) is 0 Å². The van der Waals surface area contributed by atoms with E-state index in [0.29, 0.717) is 17.6 Å². The Labute approximate surface area is 107 Å². The lowest BCUT2D eigenvalue weighted by atomic mass is 9.49. The fourth-order valence-electron chi connectivity index (χ4n) is 4.66. The van der Waals surface area contributed by atoms with Gasteiger partial charge in [-0.15, -0.1) is 0 Å². The highest BCUT2D eigenvalue weighted by molar-refractivity contribution is 5.85. The van der Waals surface area contributed by atoms with Crippen molar-refractivity contribution in [2.45, 2.75) is 32.1 Å². The van der Waals surface area contributed by atoms with Crippen molar-refractivity contribution >= 4 is 11.9 Å². The van der Waals surface area contributed by atoms with Gasteiger partial charge in [-0.2, -0.15) is 0 Å². The molecular weight excluding hydrogens is 224 g/mol. The fourth-order valence-corrected chi connectivity index (χ4v) is 4.66. The Bertz CT molecular complexity index is 479. The minimum atomic E-state index is 0.289. The number of hydrogen-bond donors (Lipinski definition) is 0. The molecule has 2 nitrogen and oxygen atoms in total. The van der Waals surface area contributed by atoms with E-state index in [1.54, 1.807) is 6.26 Å². The normalized spacial score (nSPS) is 42.0. The van der Waals surface area contributed by atoms with Crippen LogP contribution in [0.1, 0.15) is 37.9 Å². The number of carbonyl (C=O) groups is 1. The molecule has 1 aromatic rings. The topological polar surface area (TPSA) is 30.2 Å². The molecule has 4 aliphatic carbocycles. The van der Waals surface area contributed by atoms with E-state index >= 15 is 0 Å². The summed E-state index contributed by atoms with van der Waals surface area (Å²) in [5, 5.41) is 0. The molecule has 2 heteroatoms. The van der Waals surface area contributed by atoms with Crippen molar-refractivity contribution in [3.8, 4) is 0 Å². The van der Waals surface area contributed by atoms with Gasteiger partial charge in [0.2, 0.25) is 0 Å². The van der Waals surface area contributed by atoms with Crippen LogP contribution >= 0.6 is 0 Å². The summed E-state index contributed by atoms with van der Waals surface area (Å²) in [7, 11) is 0. The third-order valence-corrected chi connectivity index (χ3v) is 5.19. The maximum Gasteiger partial charge on any atom is 0.139 e. The van der Waals surface area contributed by atoms with Gasteiger partial charge in [0.05, 0.1) is 6.26 Å². The van der Waals surface area contributed by atoms with Gasteiger partial charge >= 0.3 is 0 Å². The zero-order valence-electron chi connectivity index (χ0n) is 10.5. The Morgan fingerprint density at radius 2 is 2.00 bits per heavy atom. The molecule has 2 unspecified atom stereocenters. The highest BCUT2D eigenvalue weighted by atomic mass is 16.3. The van der Waals surface area contributed by atoms with Crippen LogP contribution in [0, 0.1) is 23.2 Å². The molecule has 4 aliphatic rings. The lowest BCUT2D eigenvalue weighted by Crippen LogP contribution is -2.50. The monoisotopic (exact) mass is 242 g/mol. The van der Waals surface area contributed by atoms with Gasteiger partial charge in [0.15, 0.2) is 0 Å². The lowest BCUT2D eigenvalue weighted by Gasteiger charge is -2.54. The molecular formula is C16H18O2. The van der Waals surface area contributed by atoms with Crippen LogP contribution in [0.15, 0.2) is 28.9 Å². The van der Waals surface area contributed by atoms with Gasteiger partial charge in [-0.3, -0.25) is 4.79 Å². The molecule has 94 valence electrons. The van der Waals surface area contributed by atoms with Gasteiger partial charge in [0.25, 0.3) is 0 Å². The van der Waals surface area contributed by atoms with E-state index in [0.717, 1.165) is 37.4 Å². The first kappa shape index (κ1) is 10.6. The number of ketones is 1. The summed E-state index contributed by atoms with van der Waals surface area (Å²) < 4.78 is 5.36. The lowest BCUT2D eigenvalue weighted by molar-refractivity contribution is -0.143. The Morgan fingerprint density at radius 1 is 1.22 bits per heavy atom. The smallest absolute Gasteiger partial charge is 0.139 e. The van der Waals surface area contributed by atoms with Crippen molar-refractivity contribution in [1.29, 1.82) is 0 Å².